The van der Waals surface area contributed by atoms with E-state index in [4.69, 9.17) is 18.9 Å². The molecule has 8 heteroatoms. The van der Waals surface area contributed by atoms with Gasteiger partial charge in [0.25, 0.3) is 0 Å². The van der Waals surface area contributed by atoms with Gasteiger partial charge in [0.2, 0.25) is 0 Å². The Labute approximate surface area is 223 Å². The molecule has 0 aliphatic heterocycles. The zero-order chi connectivity index (χ0) is 27.3. The summed E-state index contributed by atoms with van der Waals surface area (Å²) < 4.78 is 21.0. The maximum atomic E-state index is 13.3. The molecule has 0 amide bonds. The van der Waals surface area contributed by atoms with Gasteiger partial charge in [-0.3, -0.25) is 9.59 Å². The number of ether oxygens (including phenoxy) is 4. The Balaban J connectivity index is 1.75. The van der Waals surface area contributed by atoms with Gasteiger partial charge in [-0.1, -0.05) is 89.5 Å². The second-order valence-corrected chi connectivity index (χ2v) is 9.28. The molecule has 2 aromatic rings. The highest BCUT2D eigenvalue weighted by Crippen LogP contribution is 2.37. The Morgan fingerprint density at radius 1 is 0.632 bits per heavy atom. The van der Waals surface area contributed by atoms with Gasteiger partial charge in [-0.25, -0.2) is 9.59 Å². The quantitative estimate of drug-likeness (QED) is 0.122. The van der Waals surface area contributed by atoms with E-state index in [1.165, 1.54) is 12.1 Å². The Morgan fingerprint density at radius 2 is 1.16 bits per heavy atom. The summed E-state index contributed by atoms with van der Waals surface area (Å²) in [6.45, 7) is 4.61. The molecule has 1 aliphatic carbocycles. The van der Waals surface area contributed by atoms with Gasteiger partial charge in [-0.2, -0.15) is 0 Å². The van der Waals surface area contributed by atoms with E-state index in [0.29, 0.717) is 12.8 Å². The third kappa shape index (κ3) is 7.91. The molecule has 0 aromatic heterocycles. The average molecular weight is 525 g/mol. The molecule has 1 aliphatic rings. The summed E-state index contributed by atoms with van der Waals surface area (Å²) in [6, 6.07) is 8.91. The highest BCUT2D eigenvalue weighted by atomic mass is 16.7. The maximum absolute atomic E-state index is 13.3. The van der Waals surface area contributed by atoms with Crippen molar-refractivity contribution in [3.05, 3.63) is 58.7 Å². The molecular formula is C30H36O8. The zero-order valence-electron chi connectivity index (χ0n) is 22.2. The minimum absolute atomic E-state index is 0.0269. The fraction of sp³-hybridized carbons (Fsp3) is 0.467. The van der Waals surface area contributed by atoms with Gasteiger partial charge >= 0.3 is 12.3 Å². The smallest absolute Gasteiger partial charge is 0.434 e. The largest absolute Gasteiger partial charge is 0.513 e. The molecule has 0 unspecified atom stereocenters. The van der Waals surface area contributed by atoms with Gasteiger partial charge in [0.05, 0.1) is 18.8 Å². The summed E-state index contributed by atoms with van der Waals surface area (Å²) in [5, 5.41) is 0. The van der Waals surface area contributed by atoms with Crippen LogP contribution < -0.4 is 9.47 Å². The Hall–Kier alpha value is -3.68. The molecule has 38 heavy (non-hydrogen) atoms. The van der Waals surface area contributed by atoms with Crippen molar-refractivity contribution in [2.45, 2.75) is 78.1 Å². The van der Waals surface area contributed by atoms with Gasteiger partial charge in [-0.05, 0) is 18.9 Å². The lowest BCUT2D eigenvalue weighted by Crippen LogP contribution is -2.23. The highest BCUT2D eigenvalue weighted by Gasteiger charge is 2.34. The van der Waals surface area contributed by atoms with Crippen LogP contribution in [0, 0.1) is 0 Å². The Kier molecular flexibility index (Phi) is 11.3. The zero-order valence-corrected chi connectivity index (χ0v) is 22.2. The number of fused-ring (bicyclic) bond motifs is 2. The number of hydrogen-bond acceptors (Lipinski definition) is 8. The second kappa shape index (κ2) is 14.9. The Bertz CT molecular complexity index is 1140. The van der Waals surface area contributed by atoms with E-state index >= 15 is 0 Å². The molecule has 0 saturated carbocycles. The minimum atomic E-state index is -1.01. The SMILES string of the molecule is CCCCCCCOC(=O)Oc1cc(OC(=O)OCCCCCCC)c2c(c1)C(=O)c1ccccc1C2=O. The summed E-state index contributed by atoms with van der Waals surface area (Å²) in [5.74, 6) is -1.21. The standard InChI is InChI=1S/C30H36O8/c1-3-5-7-9-13-17-35-29(33)37-21-19-24-26(28(32)23-16-12-11-15-22(23)27(24)31)25(20-21)38-30(34)36-18-14-10-8-6-4-2/h11-12,15-16,19-20H,3-10,13-14,17-18H2,1-2H3. The molecule has 0 bridgehead atoms. The topological polar surface area (TPSA) is 105 Å². The van der Waals surface area contributed by atoms with Crippen molar-refractivity contribution >= 4 is 23.9 Å². The van der Waals surface area contributed by atoms with E-state index in [1.807, 2.05) is 0 Å². The van der Waals surface area contributed by atoms with Crippen LogP contribution in [0.2, 0.25) is 0 Å². The molecule has 8 nitrogen and oxygen atoms in total. The number of benzene rings is 2. The van der Waals surface area contributed by atoms with Crippen molar-refractivity contribution in [3.63, 3.8) is 0 Å². The van der Waals surface area contributed by atoms with E-state index in [-0.39, 0.29) is 47.0 Å². The van der Waals surface area contributed by atoms with Crippen molar-refractivity contribution < 1.29 is 38.1 Å². The first-order valence-electron chi connectivity index (χ1n) is 13.5. The van der Waals surface area contributed by atoms with Crippen LogP contribution in [-0.2, 0) is 9.47 Å². The van der Waals surface area contributed by atoms with Crippen molar-refractivity contribution in [2.24, 2.45) is 0 Å². The van der Waals surface area contributed by atoms with Gasteiger partial charge in [0, 0.05) is 22.8 Å². The molecule has 0 radical (unpaired) electrons. The monoisotopic (exact) mass is 524 g/mol. The van der Waals surface area contributed by atoms with Crippen molar-refractivity contribution in [1.29, 1.82) is 0 Å². The second-order valence-electron chi connectivity index (χ2n) is 9.28. The van der Waals surface area contributed by atoms with Gasteiger partial charge in [0.1, 0.15) is 11.5 Å². The van der Waals surface area contributed by atoms with Crippen LogP contribution in [0.25, 0.3) is 0 Å². The van der Waals surface area contributed by atoms with Gasteiger partial charge in [0.15, 0.2) is 11.6 Å². The molecule has 204 valence electrons. The predicted molar refractivity (Wildman–Crippen MR) is 141 cm³/mol. The maximum Gasteiger partial charge on any atom is 0.513 e. The fourth-order valence-electron chi connectivity index (χ4n) is 4.27. The number of unbranched alkanes of at least 4 members (excludes halogenated alkanes) is 8. The number of carbonyl (C=O) groups excluding carboxylic acids is 4. The summed E-state index contributed by atoms with van der Waals surface area (Å²) >= 11 is 0. The van der Waals surface area contributed by atoms with Crippen LogP contribution in [0.4, 0.5) is 9.59 Å². The number of ketones is 2. The molecule has 0 atom stereocenters. The average Bonchev–Trinajstić information content (AvgIpc) is 2.91. The van der Waals surface area contributed by atoms with Crippen LogP contribution >= 0.6 is 0 Å². The van der Waals surface area contributed by atoms with E-state index < -0.39 is 23.9 Å². The van der Waals surface area contributed by atoms with Crippen molar-refractivity contribution in [2.75, 3.05) is 13.2 Å². The van der Waals surface area contributed by atoms with Crippen LogP contribution in [-0.4, -0.2) is 37.1 Å². The summed E-state index contributed by atoms with van der Waals surface area (Å²) in [4.78, 5) is 51.2. The lowest BCUT2D eigenvalue weighted by atomic mass is 9.83. The van der Waals surface area contributed by atoms with Crippen LogP contribution in [0.15, 0.2) is 36.4 Å². The molecule has 3 rings (SSSR count). The molecule has 0 fully saturated rings. The summed E-state index contributed by atoms with van der Waals surface area (Å²) in [5.41, 5.74) is 0.318. The molecule has 2 aromatic carbocycles. The van der Waals surface area contributed by atoms with E-state index in [9.17, 15) is 19.2 Å². The minimum Gasteiger partial charge on any atom is -0.434 e. The molecule has 0 heterocycles. The highest BCUT2D eigenvalue weighted by molar-refractivity contribution is 6.29. The molecule has 0 spiro atoms. The molecular weight excluding hydrogens is 488 g/mol. The van der Waals surface area contributed by atoms with Crippen LogP contribution in [0.5, 0.6) is 11.5 Å². The normalized spacial score (nSPS) is 11.9. The third-order valence-electron chi connectivity index (χ3n) is 6.29. The third-order valence-corrected chi connectivity index (χ3v) is 6.29. The first-order chi connectivity index (χ1) is 18.5. The first-order valence-corrected chi connectivity index (χ1v) is 13.5. The fourth-order valence-corrected chi connectivity index (χ4v) is 4.27. The predicted octanol–water partition coefficient (Wildman–Crippen LogP) is 7.43. The number of rotatable bonds is 14. The van der Waals surface area contributed by atoms with Crippen molar-refractivity contribution in [1.82, 2.24) is 0 Å². The number of hydrogen-bond donors (Lipinski definition) is 0. The number of carbonyl (C=O) groups is 4. The molecule has 0 N–H and O–H groups in total. The van der Waals surface area contributed by atoms with Crippen molar-refractivity contribution in [3.8, 4) is 11.5 Å². The lowest BCUT2D eigenvalue weighted by Gasteiger charge is -2.20. The lowest BCUT2D eigenvalue weighted by molar-refractivity contribution is 0.0926. The molecule has 0 saturated heterocycles. The van der Waals surface area contributed by atoms with Gasteiger partial charge in [-0.15, -0.1) is 0 Å². The summed E-state index contributed by atoms with van der Waals surface area (Å²) in [6.07, 6.45) is 7.87. The van der Waals surface area contributed by atoms with E-state index in [1.54, 1.807) is 24.3 Å². The van der Waals surface area contributed by atoms with E-state index in [0.717, 1.165) is 51.4 Å². The summed E-state index contributed by atoms with van der Waals surface area (Å²) in [7, 11) is 0. The van der Waals surface area contributed by atoms with Crippen LogP contribution in [0.3, 0.4) is 0 Å². The van der Waals surface area contributed by atoms with Gasteiger partial charge < -0.3 is 18.9 Å². The van der Waals surface area contributed by atoms with Crippen LogP contribution in [0.1, 0.15) is 110 Å². The van der Waals surface area contributed by atoms with E-state index in [2.05, 4.69) is 13.8 Å². The Morgan fingerprint density at radius 3 is 1.74 bits per heavy atom. The first kappa shape index (κ1) is 28.9.